The Morgan fingerprint density at radius 2 is 2.35 bits per heavy atom. The fraction of sp³-hybridized carbons (Fsp3) is 0.750. The van der Waals surface area contributed by atoms with Gasteiger partial charge in [-0.25, -0.2) is 0 Å². The monoisotopic (exact) mass is 256 g/mol. The minimum absolute atomic E-state index is 0.172. The van der Waals surface area contributed by atoms with Crippen molar-refractivity contribution in [2.45, 2.75) is 44.1 Å². The minimum Gasteiger partial charge on any atom is -0.493 e. The molecule has 1 aromatic heterocycles. The number of rotatable bonds is 3. The maximum absolute atomic E-state index is 10.9. The molecule has 2 atom stereocenters. The minimum atomic E-state index is -0.823. The second-order valence-corrected chi connectivity index (χ2v) is 6.24. The van der Waals surface area contributed by atoms with Crippen LogP contribution in [-0.4, -0.2) is 33.0 Å². The first kappa shape index (κ1) is 12.8. The lowest BCUT2D eigenvalue weighted by Gasteiger charge is -2.29. The van der Waals surface area contributed by atoms with Crippen LogP contribution < -0.4 is 4.74 Å². The summed E-state index contributed by atoms with van der Waals surface area (Å²) in [5, 5.41) is 15.4. The van der Waals surface area contributed by atoms with Crippen LogP contribution in [-0.2, 0) is 5.60 Å². The first-order valence-electron chi connectivity index (χ1n) is 5.96. The third kappa shape index (κ3) is 1.95. The summed E-state index contributed by atoms with van der Waals surface area (Å²) < 4.78 is 7.23. The Morgan fingerprint density at radius 1 is 1.65 bits per heavy atom. The molecule has 2 unspecified atom stereocenters. The average molecular weight is 256 g/mol. The summed E-state index contributed by atoms with van der Waals surface area (Å²) in [4.78, 5) is 0. The Balaban J connectivity index is 2.52. The fourth-order valence-corrected chi connectivity index (χ4v) is 3.63. The van der Waals surface area contributed by atoms with Crippen molar-refractivity contribution >= 4 is 11.8 Å². The van der Waals surface area contributed by atoms with Crippen molar-refractivity contribution < 1.29 is 9.84 Å². The lowest BCUT2D eigenvalue weighted by molar-refractivity contribution is 0.0297. The molecule has 1 fully saturated rings. The highest BCUT2D eigenvalue weighted by atomic mass is 32.2. The standard InChI is InChI=1S/C12H20N2O2S/c1-8(2)14-11(10(16-4)7-13-14)12(15)5-6-17-9(12)3/h7-9,15H,5-6H2,1-4H3. The summed E-state index contributed by atoms with van der Waals surface area (Å²) >= 11 is 1.80. The highest BCUT2D eigenvalue weighted by Gasteiger charge is 2.45. The number of aromatic nitrogens is 2. The van der Waals surface area contributed by atoms with Gasteiger partial charge in [0, 0.05) is 11.3 Å². The Bertz CT molecular complexity index is 405. The van der Waals surface area contributed by atoms with Crippen LogP contribution in [0.25, 0.3) is 0 Å². The second kappa shape index (κ2) is 4.53. The maximum Gasteiger partial charge on any atom is 0.162 e. The summed E-state index contributed by atoms with van der Waals surface area (Å²) in [5.41, 5.74) is 0.00375. The number of hydrogen-bond donors (Lipinski definition) is 1. The van der Waals surface area contributed by atoms with Crippen LogP contribution in [0.2, 0.25) is 0 Å². The van der Waals surface area contributed by atoms with Crippen LogP contribution in [0.4, 0.5) is 0 Å². The van der Waals surface area contributed by atoms with E-state index < -0.39 is 5.60 Å². The van der Waals surface area contributed by atoms with Gasteiger partial charge in [-0.2, -0.15) is 16.9 Å². The van der Waals surface area contributed by atoms with Crippen LogP contribution in [0.15, 0.2) is 6.20 Å². The molecule has 1 N–H and O–H groups in total. The lowest BCUT2D eigenvalue weighted by atomic mass is 9.92. The molecule has 0 aromatic carbocycles. The van der Waals surface area contributed by atoms with Gasteiger partial charge in [-0.05, 0) is 26.0 Å². The highest BCUT2D eigenvalue weighted by molar-refractivity contribution is 8.00. The number of ether oxygens (including phenoxy) is 1. The van der Waals surface area contributed by atoms with E-state index in [1.807, 2.05) is 4.68 Å². The topological polar surface area (TPSA) is 47.3 Å². The van der Waals surface area contributed by atoms with Gasteiger partial charge in [0.15, 0.2) is 5.75 Å². The summed E-state index contributed by atoms with van der Waals surface area (Å²) in [7, 11) is 1.63. The molecule has 0 spiro atoms. The van der Waals surface area contributed by atoms with Gasteiger partial charge < -0.3 is 9.84 Å². The molecule has 0 radical (unpaired) electrons. The molecule has 2 rings (SSSR count). The first-order chi connectivity index (χ1) is 8.00. The van der Waals surface area contributed by atoms with E-state index in [-0.39, 0.29) is 11.3 Å². The zero-order valence-electron chi connectivity index (χ0n) is 10.8. The van der Waals surface area contributed by atoms with Crippen molar-refractivity contribution in [1.82, 2.24) is 9.78 Å². The second-order valence-electron chi connectivity index (χ2n) is 4.79. The van der Waals surface area contributed by atoms with Gasteiger partial charge in [-0.15, -0.1) is 0 Å². The van der Waals surface area contributed by atoms with Gasteiger partial charge in [-0.3, -0.25) is 4.68 Å². The van der Waals surface area contributed by atoms with Crippen LogP contribution in [0.3, 0.4) is 0 Å². The Kier molecular flexibility index (Phi) is 3.41. The van der Waals surface area contributed by atoms with Gasteiger partial charge in [0.1, 0.15) is 11.3 Å². The van der Waals surface area contributed by atoms with Gasteiger partial charge in [0.2, 0.25) is 0 Å². The molecule has 0 aliphatic carbocycles. The molecule has 0 amide bonds. The Labute approximate surface area is 106 Å². The average Bonchev–Trinajstić information content (AvgIpc) is 2.84. The third-order valence-electron chi connectivity index (χ3n) is 3.40. The van der Waals surface area contributed by atoms with Crippen molar-refractivity contribution in [3.8, 4) is 5.75 Å². The van der Waals surface area contributed by atoms with E-state index >= 15 is 0 Å². The van der Waals surface area contributed by atoms with Crippen molar-refractivity contribution in [3.05, 3.63) is 11.9 Å². The molecule has 0 saturated carbocycles. The van der Waals surface area contributed by atoms with E-state index in [0.717, 1.165) is 17.9 Å². The van der Waals surface area contributed by atoms with Crippen molar-refractivity contribution in [2.75, 3.05) is 12.9 Å². The lowest BCUT2D eigenvalue weighted by Crippen LogP contribution is -2.35. The van der Waals surface area contributed by atoms with E-state index in [4.69, 9.17) is 4.74 Å². The van der Waals surface area contributed by atoms with Crippen molar-refractivity contribution in [2.24, 2.45) is 0 Å². The van der Waals surface area contributed by atoms with E-state index in [0.29, 0.717) is 5.75 Å². The van der Waals surface area contributed by atoms with Crippen LogP contribution in [0, 0.1) is 0 Å². The number of thioether (sulfide) groups is 1. The van der Waals surface area contributed by atoms with Gasteiger partial charge in [-0.1, -0.05) is 6.92 Å². The van der Waals surface area contributed by atoms with Crippen molar-refractivity contribution in [1.29, 1.82) is 0 Å². The predicted octanol–water partition coefficient (Wildman–Crippen LogP) is 2.19. The summed E-state index contributed by atoms with van der Waals surface area (Å²) in [5.74, 6) is 1.67. The number of hydrogen-bond acceptors (Lipinski definition) is 4. The molecular weight excluding hydrogens is 236 g/mol. The van der Waals surface area contributed by atoms with Gasteiger partial charge in [0.25, 0.3) is 0 Å². The molecule has 0 bridgehead atoms. The Morgan fingerprint density at radius 3 is 2.82 bits per heavy atom. The van der Waals surface area contributed by atoms with Crippen molar-refractivity contribution in [3.63, 3.8) is 0 Å². The molecule has 1 saturated heterocycles. The molecule has 1 aliphatic rings. The first-order valence-corrected chi connectivity index (χ1v) is 7.01. The molecule has 4 nitrogen and oxygen atoms in total. The smallest absolute Gasteiger partial charge is 0.162 e. The number of nitrogens with zero attached hydrogens (tertiary/aromatic N) is 2. The SMILES string of the molecule is COc1cnn(C(C)C)c1C1(O)CCSC1C. The zero-order valence-corrected chi connectivity index (χ0v) is 11.6. The highest BCUT2D eigenvalue weighted by Crippen LogP contribution is 2.46. The summed E-state index contributed by atoms with van der Waals surface area (Å²) in [6.45, 7) is 6.19. The largest absolute Gasteiger partial charge is 0.493 e. The van der Waals surface area contributed by atoms with E-state index in [2.05, 4.69) is 25.9 Å². The van der Waals surface area contributed by atoms with E-state index in [9.17, 15) is 5.11 Å². The Hall–Kier alpha value is -0.680. The normalized spacial score (nSPS) is 28.9. The van der Waals surface area contributed by atoms with E-state index in [1.165, 1.54) is 0 Å². The fourth-order valence-electron chi connectivity index (χ4n) is 2.34. The van der Waals surface area contributed by atoms with Crippen LogP contribution in [0.5, 0.6) is 5.75 Å². The number of methoxy groups -OCH3 is 1. The number of aliphatic hydroxyl groups is 1. The summed E-state index contributed by atoms with van der Waals surface area (Å²) in [6.07, 6.45) is 2.45. The van der Waals surface area contributed by atoms with Crippen LogP contribution >= 0.6 is 11.8 Å². The molecule has 1 aliphatic heterocycles. The quantitative estimate of drug-likeness (QED) is 0.900. The molecule has 96 valence electrons. The van der Waals surface area contributed by atoms with Gasteiger partial charge >= 0.3 is 0 Å². The third-order valence-corrected chi connectivity index (χ3v) is 4.73. The predicted molar refractivity (Wildman–Crippen MR) is 69.6 cm³/mol. The maximum atomic E-state index is 10.9. The van der Waals surface area contributed by atoms with Gasteiger partial charge in [0.05, 0.1) is 13.3 Å². The molecule has 17 heavy (non-hydrogen) atoms. The molecule has 1 aromatic rings. The van der Waals surface area contributed by atoms with E-state index in [1.54, 1.807) is 25.1 Å². The molecular formula is C12H20N2O2S. The van der Waals surface area contributed by atoms with Crippen LogP contribution in [0.1, 0.15) is 38.9 Å². The molecule has 2 heterocycles. The molecule has 5 heteroatoms. The summed E-state index contributed by atoms with van der Waals surface area (Å²) in [6, 6.07) is 0.218. The zero-order chi connectivity index (χ0) is 12.6.